The van der Waals surface area contributed by atoms with Crippen molar-refractivity contribution in [2.75, 3.05) is 0 Å². The fraction of sp³-hybridized carbons (Fsp3) is 0.154. The molecule has 0 amide bonds. The average molecular weight is 458 g/mol. The van der Waals surface area contributed by atoms with Gasteiger partial charge in [0.25, 0.3) is 0 Å². The predicted octanol–water partition coefficient (Wildman–Crippen LogP) is 6.46. The molecule has 4 rings (SSSR count). The van der Waals surface area contributed by atoms with E-state index in [1.165, 1.54) is 20.8 Å². The van der Waals surface area contributed by atoms with Gasteiger partial charge in [-0.2, -0.15) is 30.3 Å². The molecule has 4 aromatic rings. The van der Waals surface area contributed by atoms with Gasteiger partial charge in [-0.3, -0.25) is 0 Å². The fourth-order valence-corrected chi connectivity index (χ4v) is 6.61. The van der Waals surface area contributed by atoms with Crippen molar-refractivity contribution in [1.82, 2.24) is 0 Å². The van der Waals surface area contributed by atoms with Gasteiger partial charge in [0.05, 0.1) is 0 Å². The summed E-state index contributed by atoms with van der Waals surface area (Å²) in [5, 5.41) is 4.30. The zero-order valence-electron chi connectivity index (χ0n) is 17.1. The first-order chi connectivity index (χ1) is 13.5. The Kier molecular flexibility index (Phi) is 9.47. The molecule has 0 aromatic heterocycles. The summed E-state index contributed by atoms with van der Waals surface area (Å²) in [6.07, 6.45) is 0. The maximum Gasteiger partial charge on any atom is 2.00 e. The van der Waals surface area contributed by atoms with Gasteiger partial charge >= 0.3 is 17.1 Å². The zero-order chi connectivity index (χ0) is 19.8. The van der Waals surface area contributed by atoms with Crippen LogP contribution in [0.25, 0.3) is 0 Å². The van der Waals surface area contributed by atoms with E-state index in [4.69, 9.17) is 0 Å². The van der Waals surface area contributed by atoms with E-state index in [-0.39, 0.29) is 21.8 Å². The van der Waals surface area contributed by atoms with Crippen molar-refractivity contribution in [2.45, 2.75) is 30.4 Å². The van der Waals surface area contributed by atoms with Crippen LogP contribution in [0, 0.1) is 0 Å². The first-order valence-corrected chi connectivity index (χ1v) is 11.7. The Hall–Kier alpha value is -1.56. The van der Waals surface area contributed by atoms with Crippen molar-refractivity contribution in [3.63, 3.8) is 0 Å². The predicted molar refractivity (Wildman–Crippen MR) is 128 cm³/mol. The Balaban J connectivity index is 0.000000437. The summed E-state index contributed by atoms with van der Waals surface area (Å²) >= 11 is 1.97. The maximum atomic E-state index is 2.31. The van der Waals surface area contributed by atoms with Gasteiger partial charge in [-0.1, -0.05) is 89.4 Å². The average Bonchev–Trinajstić information content (AvgIpc) is 3.39. The minimum atomic E-state index is -0.504. The fourth-order valence-electron chi connectivity index (χ4n) is 2.90. The molecule has 0 radical (unpaired) electrons. The summed E-state index contributed by atoms with van der Waals surface area (Å²) in [4.78, 5) is 1.41. The van der Waals surface area contributed by atoms with Crippen LogP contribution in [0.15, 0.2) is 114 Å². The van der Waals surface area contributed by atoms with Gasteiger partial charge in [-0.05, 0) is 10.6 Å². The molecule has 0 heterocycles. The number of thioether (sulfide) groups is 1. The molecular weight excluding hydrogens is 431 g/mol. The van der Waals surface area contributed by atoms with Crippen LogP contribution in [0.5, 0.6) is 0 Å². The second-order valence-corrected chi connectivity index (χ2v) is 11.5. The summed E-state index contributed by atoms with van der Waals surface area (Å²) in [6.45, 7) is 6.84. The van der Waals surface area contributed by atoms with Gasteiger partial charge in [0.1, 0.15) is 0 Å². The van der Waals surface area contributed by atoms with E-state index in [1.54, 1.807) is 0 Å². The number of hydrogen-bond acceptors (Lipinski definition) is 1. The van der Waals surface area contributed by atoms with Crippen LogP contribution in [0.3, 0.4) is 0 Å². The summed E-state index contributed by atoms with van der Waals surface area (Å²) < 4.78 is 0.220. The molecule has 0 spiro atoms. The molecule has 0 aliphatic rings. The molecule has 150 valence electrons. The van der Waals surface area contributed by atoms with Crippen molar-refractivity contribution < 1.29 is 17.1 Å². The quantitative estimate of drug-likeness (QED) is 0.146. The Labute approximate surface area is 191 Å². The van der Waals surface area contributed by atoms with Crippen molar-refractivity contribution >= 4 is 35.6 Å². The third-order valence-corrected chi connectivity index (χ3v) is 7.84. The first-order valence-electron chi connectivity index (χ1n) is 9.56. The van der Waals surface area contributed by atoms with E-state index in [0.29, 0.717) is 0 Å². The second kappa shape index (κ2) is 11.6. The molecule has 0 saturated carbocycles. The topological polar surface area (TPSA) is 0 Å². The SMILES string of the molecule is CC(C)(C)Sc1ccc[c-]1P(c1ccccc1)c1ccccc1.[Fe+2].c1cc[cH-]c1. The summed E-state index contributed by atoms with van der Waals surface area (Å²) in [5.74, 6) is 0. The molecule has 0 nitrogen and oxygen atoms in total. The summed E-state index contributed by atoms with van der Waals surface area (Å²) in [5.41, 5.74) is 0. The molecule has 3 heteroatoms. The molecule has 0 aliphatic heterocycles. The van der Waals surface area contributed by atoms with Crippen molar-refractivity contribution in [3.8, 4) is 0 Å². The Morgan fingerprint density at radius 3 is 1.66 bits per heavy atom. The molecule has 0 N–H and O–H groups in total. The second-order valence-electron chi connectivity index (χ2n) is 7.46. The molecule has 29 heavy (non-hydrogen) atoms. The zero-order valence-corrected chi connectivity index (χ0v) is 19.9. The van der Waals surface area contributed by atoms with Crippen LogP contribution in [-0.4, -0.2) is 4.75 Å². The third kappa shape index (κ3) is 7.32. The van der Waals surface area contributed by atoms with E-state index >= 15 is 0 Å². The van der Waals surface area contributed by atoms with Gasteiger partial charge in [0, 0.05) is 4.75 Å². The van der Waals surface area contributed by atoms with Crippen molar-refractivity contribution in [3.05, 3.63) is 109 Å². The molecular formula is C26H27FePS. The number of hydrogen-bond donors (Lipinski definition) is 0. The maximum absolute atomic E-state index is 2.31. The van der Waals surface area contributed by atoms with Gasteiger partial charge in [-0.25, -0.2) is 18.2 Å². The van der Waals surface area contributed by atoms with Gasteiger partial charge in [-0.15, -0.1) is 22.0 Å². The van der Waals surface area contributed by atoms with Gasteiger partial charge in [0.15, 0.2) is 0 Å². The first kappa shape index (κ1) is 23.7. The molecule has 4 aromatic carbocycles. The van der Waals surface area contributed by atoms with Crippen LogP contribution in [0.1, 0.15) is 20.8 Å². The Bertz CT molecular complexity index is 865. The molecule has 0 aliphatic carbocycles. The van der Waals surface area contributed by atoms with Crippen molar-refractivity contribution in [2.24, 2.45) is 0 Å². The van der Waals surface area contributed by atoms with Crippen LogP contribution in [0.4, 0.5) is 0 Å². The van der Waals surface area contributed by atoms with Crippen LogP contribution >= 0.6 is 19.7 Å². The minimum Gasteiger partial charge on any atom is -0.214 e. The third-order valence-electron chi connectivity index (χ3n) is 4.00. The smallest absolute Gasteiger partial charge is 0.214 e. The van der Waals surface area contributed by atoms with Crippen LogP contribution in [0.2, 0.25) is 0 Å². The largest absolute Gasteiger partial charge is 2.00 e. The Morgan fingerprint density at radius 1 is 0.724 bits per heavy atom. The monoisotopic (exact) mass is 458 g/mol. The van der Waals surface area contributed by atoms with Gasteiger partial charge < -0.3 is 0 Å². The summed E-state index contributed by atoms with van der Waals surface area (Å²) in [7, 11) is -0.504. The molecule has 0 saturated heterocycles. The number of benzene rings is 2. The molecule has 0 unspecified atom stereocenters. The van der Waals surface area contributed by atoms with E-state index in [0.717, 1.165) is 0 Å². The molecule has 0 bridgehead atoms. The standard InChI is InChI=1S/C21H22PS.C5H5.Fe/c1-21(2,3)23-20-16-10-15-19(20)22(17-11-6-4-7-12-17)18-13-8-5-9-14-18;1-2-4-5-3-1;/h4-16H,1-3H3;1-5H;/q2*-1;+2. The summed E-state index contributed by atoms with van der Waals surface area (Å²) in [6, 6.07) is 38.6. The van der Waals surface area contributed by atoms with Gasteiger partial charge in [0.2, 0.25) is 0 Å². The van der Waals surface area contributed by atoms with E-state index in [1.807, 2.05) is 42.1 Å². The number of rotatable bonds is 4. The van der Waals surface area contributed by atoms with E-state index in [9.17, 15) is 0 Å². The normalized spacial score (nSPS) is 10.8. The minimum absolute atomic E-state index is 0. The van der Waals surface area contributed by atoms with Crippen LogP contribution < -0.4 is 15.9 Å². The van der Waals surface area contributed by atoms with E-state index < -0.39 is 7.92 Å². The molecule has 0 fully saturated rings. The van der Waals surface area contributed by atoms with Crippen LogP contribution in [-0.2, 0) is 17.1 Å². The Morgan fingerprint density at radius 2 is 1.24 bits per heavy atom. The van der Waals surface area contributed by atoms with Crippen molar-refractivity contribution in [1.29, 1.82) is 0 Å². The molecule has 0 atom stereocenters. The van der Waals surface area contributed by atoms with E-state index in [2.05, 4.69) is 99.6 Å².